The normalized spacial score (nSPS) is 10.9. The Labute approximate surface area is 106 Å². The van der Waals surface area contributed by atoms with Gasteiger partial charge in [0.2, 0.25) is 0 Å². The molecule has 0 aliphatic heterocycles. The van der Waals surface area contributed by atoms with E-state index in [1.54, 1.807) is 0 Å². The number of aromatic nitrogens is 3. The van der Waals surface area contributed by atoms with E-state index in [9.17, 15) is 0 Å². The van der Waals surface area contributed by atoms with Gasteiger partial charge in [0, 0.05) is 16.2 Å². The minimum Gasteiger partial charge on any atom is -0.396 e. The highest BCUT2D eigenvalue weighted by Crippen LogP contribution is 2.23. The summed E-state index contributed by atoms with van der Waals surface area (Å²) in [5, 5.41) is 8.28. The molecule has 3 aromatic rings. The molecule has 0 radical (unpaired) electrons. The van der Waals surface area contributed by atoms with Crippen LogP contribution in [-0.4, -0.2) is 14.6 Å². The van der Waals surface area contributed by atoms with E-state index < -0.39 is 0 Å². The molecule has 0 spiro atoms. The first-order valence-electron chi connectivity index (χ1n) is 5.11. The Morgan fingerprint density at radius 3 is 2.82 bits per heavy atom. The van der Waals surface area contributed by atoms with Gasteiger partial charge >= 0.3 is 0 Å². The summed E-state index contributed by atoms with van der Waals surface area (Å²) in [6.07, 6.45) is 1.90. The number of nitrogens with two attached hydrogens (primary N) is 1. The van der Waals surface area contributed by atoms with Crippen molar-refractivity contribution in [3.05, 3.63) is 47.1 Å². The number of benzene rings is 1. The van der Waals surface area contributed by atoms with E-state index in [2.05, 4.69) is 26.1 Å². The summed E-state index contributed by atoms with van der Waals surface area (Å²) in [5.41, 5.74) is 8.15. The number of pyridine rings is 1. The Morgan fingerprint density at radius 1 is 1.12 bits per heavy atom. The van der Waals surface area contributed by atoms with Crippen LogP contribution < -0.4 is 5.73 Å². The fourth-order valence-corrected chi connectivity index (χ4v) is 2.16. The number of anilines is 1. The van der Waals surface area contributed by atoms with Crippen molar-refractivity contribution in [3.63, 3.8) is 0 Å². The van der Waals surface area contributed by atoms with Crippen LogP contribution in [0, 0.1) is 0 Å². The van der Waals surface area contributed by atoms with Crippen LogP contribution >= 0.6 is 15.9 Å². The number of rotatable bonds is 1. The number of halogens is 1. The average molecular weight is 289 g/mol. The minimum absolute atomic E-state index is 0.626. The molecular weight excluding hydrogens is 280 g/mol. The molecule has 0 saturated heterocycles. The Kier molecular flexibility index (Phi) is 2.33. The summed E-state index contributed by atoms with van der Waals surface area (Å²) < 4.78 is 2.90. The second-order valence-corrected chi connectivity index (χ2v) is 4.61. The number of fused-ring (bicyclic) bond motifs is 1. The van der Waals surface area contributed by atoms with Gasteiger partial charge in [-0.15, -0.1) is 10.2 Å². The molecule has 2 N–H and O–H groups in total. The standard InChI is InChI=1S/C12H9BrN4/c13-9-4-1-3-8(7-9)11-15-16-12-10(14)5-2-6-17(11)12/h1-7H,14H2. The van der Waals surface area contributed by atoms with Crippen LogP contribution in [0.25, 0.3) is 17.0 Å². The highest BCUT2D eigenvalue weighted by molar-refractivity contribution is 9.10. The summed E-state index contributed by atoms with van der Waals surface area (Å²) >= 11 is 3.44. The van der Waals surface area contributed by atoms with Gasteiger partial charge in [-0.3, -0.25) is 4.40 Å². The molecule has 0 amide bonds. The van der Waals surface area contributed by atoms with E-state index >= 15 is 0 Å². The fraction of sp³-hybridized carbons (Fsp3) is 0. The third-order valence-electron chi connectivity index (χ3n) is 2.55. The molecule has 3 rings (SSSR count). The molecule has 2 heterocycles. The lowest BCUT2D eigenvalue weighted by Crippen LogP contribution is -1.93. The van der Waals surface area contributed by atoms with Gasteiger partial charge in [-0.2, -0.15) is 0 Å². The van der Waals surface area contributed by atoms with Crippen molar-refractivity contribution in [2.75, 3.05) is 5.73 Å². The molecule has 84 valence electrons. The molecule has 1 aromatic carbocycles. The highest BCUT2D eigenvalue weighted by atomic mass is 79.9. The number of nitrogens with zero attached hydrogens (tertiary/aromatic N) is 3. The topological polar surface area (TPSA) is 56.2 Å². The van der Waals surface area contributed by atoms with Gasteiger partial charge in [0.15, 0.2) is 11.5 Å². The Bertz CT molecular complexity index is 690. The van der Waals surface area contributed by atoms with E-state index in [4.69, 9.17) is 5.73 Å². The van der Waals surface area contributed by atoms with Gasteiger partial charge in [0.25, 0.3) is 0 Å². The van der Waals surface area contributed by atoms with E-state index in [1.165, 1.54) is 0 Å². The quantitative estimate of drug-likeness (QED) is 0.749. The molecule has 0 atom stereocenters. The zero-order chi connectivity index (χ0) is 11.8. The van der Waals surface area contributed by atoms with Crippen LogP contribution in [0.2, 0.25) is 0 Å². The molecular formula is C12H9BrN4. The van der Waals surface area contributed by atoms with Crippen molar-refractivity contribution in [3.8, 4) is 11.4 Å². The van der Waals surface area contributed by atoms with Crippen molar-refractivity contribution >= 4 is 27.3 Å². The third kappa shape index (κ3) is 1.68. The van der Waals surface area contributed by atoms with Crippen LogP contribution in [0.4, 0.5) is 5.69 Å². The van der Waals surface area contributed by atoms with Gasteiger partial charge in [0.05, 0.1) is 5.69 Å². The monoisotopic (exact) mass is 288 g/mol. The predicted molar refractivity (Wildman–Crippen MR) is 70.5 cm³/mol. The SMILES string of the molecule is Nc1cccn2c(-c3cccc(Br)c3)nnc12. The fourth-order valence-electron chi connectivity index (χ4n) is 1.76. The van der Waals surface area contributed by atoms with Crippen molar-refractivity contribution in [2.24, 2.45) is 0 Å². The lowest BCUT2D eigenvalue weighted by Gasteiger charge is -2.01. The molecule has 0 aliphatic carbocycles. The van der Waals surface area contributed by atoms with E-state index in [0.717, 1.165) is 15.9 Å². The van der Waals surface area contributed by atoms with Crippen LogP contribution in [0.1, 0.15) is 0 Å². The Balaban J connectivity index is 2.28. The number of hydrogen-bond acceptors (Lipinski definition) is 3. The Hall–Kier alpha value is -1.88. The number of hydrogen-bond donors (Lipinski definition) is 1. The van der Waals surface area contributed by atoms with Crippen LogP contribution in [0.5, 0.6) is 0 Å². The molecule has 0 unspecified atom stereocenters. The lowest BCUT2D eigenvalue weighted by molar-refractivity contribution is 1.11. The summed E-state index contributed by atoms with van der Waals surface area (Å²) in [7, 11) is 0. The Morgan fingerprint density at radius 2 is 2.00 bits per heavy atom. The van der Waals surface area contributed by atoms with Crippen molar-refractivity contribution in [2.45, 2.75) is 0 Å². The molecule has 0 fully saturated rings. The number of nitrogen functional groups attached to an aromatic ring is 1. The second-order valence-electron chi connectivity index (χ2n) is 3.69. The van der Waals surface area contributed by atoms with Gasteiger partial charge < -0.3 is 5.73 Å². The summed E-state index contributed by atoms with van der Waals surface area (Å²) in [6.45, 7) is 0. The summed E-state index contributed by atoms with van der Waals surface area (Å²) in [5.74, 6) is 0.786. The first-order valence-corrected chi connectivity index (χ1v) is 5.90. The van der Waals surface area contributed by atoms with Crippen LogP contribution in [-0.2, 0) is 0 Å². The smallest absolute Gasteiger partial charge is 0.184 e. The maximum atomic E-state index is 5.84. The van der Waals surface area contributed by atoms with Crippen LogP contribution in [0.15, 0.2) is 47.1 Å². The first kappa shape index (κ1) is 10.3. The molecule has 2 aromatic heterocycles. The van der Waals surface area contributed by atoms with Crippen molar-refractivity contribution < 1.29 is 0 Å². The maximum absolute atomic E-state index is 5.84. The average Bonchev–Trinajstić information content (AvgIpc) is 2.74. The van der Waals surface area contributed by atoms with E-state index in [0.29, 0.717) is 11.3 Å². The van der Waals surface area contributed by atoms with Gasteiger partial charge in [-0.1, -0.05) is 28.1 Å². The van der Waals surface area contributed by atoms with Crippen molar-refractivity contribution in [1.82, 2.24) is 14.6 Å². The van der Waals surface area contributed by atoms with E-state index in [1.807, 2.05) is 47.0 Å². The molecule has 5 heteroatoms. The van der Waals surface area contributed by atoms with Crippen molar-refractivity contribution in [1.29, 1.82) is 0 Å². The predicted octanol–water partition coefficient (Wildman–Crippen LogP) is 2.74. The molecule has 0 bridgehead atoms. The maximum Gasteiger partial charge on any atom is 0.184 e. The highest BCUT2D eigenvalue weighted by Gasteiger charge is 2.09. The lowest BCUT2D eigenvalue weighted by atomic mass is 10.2. The van der Waals surface area contributed by atoms with Gasteiger partial charge in [-0.25, -0.2) is 0 Å². The van der Waals surface area contributed by atoms with Gasteiger partial charge in [-0.05, 0) is 24.3 Å². The third-order valence-corrected chi connectivity index (χ3v) is 3.04. The van der Waals surface area contributed by atoms with Crippen LogP contribution in [0.3, 0.4) is 0 Å². The zero-order valence-electron chi connectivity index (χ0n) is 8.84. The molecule has 4 nitrogen and oxygen atoms in total. The second kappa shape index (κ2) is 3.85. The van der Waals surface area contributed by atoms with E-state index in [-0.39, 0.29) is 0 Å². The summed E-state index contributed by atoms with van der Waals surface area (Å²) in [4.78, 5) is 0. The van der Waals surface area contributed by atoms with Gasteiger partial charge in [0.1, 0.15) is 0 Å². The molecule has 0 saturated carbocycles. The first-order chi connectivity index (χ1) is 8.25. The molecule has 0 aliphatic rings. The minimum atomic E-state index is 0.626. The zero-order valence-corrected chi connectivity index (χ0v) is 10.4. The molecule has 17 heavy (non-hydrogen) atoms. The summed E-state index contributed by atoms with van der Waals surface area (Å²) in [6, 6.07) is 11.6. The largest absolute Gasteiger partial charge is 0.396 e.